The van der Waals surface area contributed by atoms with Crippen LogP contribution in [0.3, 0.4) is 0 Å². The standard InChI is InChI=1S/C15H12ClN3O5/c1-24-11-4-2-3-9(7-11)17-14(20)15(21)18-10-5-6-12(16)13(8-10)19(22)23/h2-8H,1H3,(H,17,20)(H,18,21). The van der Waals surface area contributed by atoms with Crippen molar-refractivity contribution < 1.29 is 19.2 Å². The number of benzene rings is 2. The molecule has 2 aromatic rings. The predicted octanol–water partition coefficient (Wildman–Crippen LogP) is 2.83. The van der Waals surface area contributed by atoms with Crippen LogP contribution in [0.5, 0.6) is 5.75 Å². The molecule has 2 amide bonds. The Bertz CT molecular complexity index is 809. The van der Waals surface area contributed by atoms with Gasteiger partial charge in [0.2, 0.25) is 0 Å². The van der Waals surface area contributed by atoms with Gasteiger partial charge in [0.05, 0.1) is 12.0 Å². The molecule has 0 aliphatic rings. The van der Waals surface area contributed by atoms with Gasteiger partial charge in [0.25, 0.3) is 5.69 Å². The zero-order valence-electron chi connectivity index (χ0n) is 12.4. The van der Waals surface area contributed by atoms with Crippen molar-refractivity contribution in [2.24, 2.45) is 0 Å². The van der Waals surface area contributed by atoms with E-state index in [-0.39, 0.29) is 16.4 Å². The Balaban J connectivity index is 2.07. The summed E-state index contributed by atoms with van der Waals surface area (Å²) in [5.41, 5.74) is 0.0798. The Morgan fingerprint density at radius 3 is 2.29 bits per heavy atom. The second kappa shape index (κ2) is 7.42. The average Bonchev–Trinajstić information content (AvgIpc) is 2.56. The van der Waals surface area contributed by atoms with Crippen molar-refractivity contribution in [3.05, 3.63) is 57.6 Å². The summed E-state index contributed by atoms with van der Waals surface area (Å²) in [7, 11) is 1.47. The number of ether oxygens (including phenoxy) is 1. The molecule has 0 saturated carbocycles. The molecule has 8 nitrogen and oxygen atoms in total. The SMILES string of the molecule is COc1cccc(NC(=O)C(=O)Nc2ccc(Cl)c([N+](=O)[O-])c2)c1. The highest BCUT2D eigenvalue weighted by Gasteiger charge is 2.17. The maximum atomic E-state index is 11.9. The van der Waals surface area contributed by atoms with Crippen molar-refractivity contribution in [2.75, 3.05) is 17.7 Å². The third-order valence-corrected chi connectivity index (χ3v) is 3.25. The second-order valence-corrected chi connectivity index (χ2v) is 4.97. The number of hydrogen-bond donors (Lipinski definition) is 2. The van der Waals surface area contributed by atoms with Crippen LogP contribution in [0.2, 0.25) is 5.02 Å². The molecule has 0 saturated heterocycles. The molecule has 124 valence electrons. The first-order valence-electron chi connectivity index (χ1n) is 6.61. The third-order valence-electron chi connectivity index (χ3n) is 2.93. The number of nitro benzene ring substituents is 1. The fourth-order valence-electron chi connectivity index (χ4n) is 1.81. The molecule has 2 rings (SSSR count). The van der Waals surface area contributed by atoms with E-state index < -0.39 is 16.7 Å². The van der Waals surface area contributed by atoms with Crippen molar-refractivity contribution >= 4 is 40.5 Å². The highest BCUT2D eigenvalue weighted by Crippen LogP contribution is 2.27. The smallest absolute Gasteiger partial charge is 0.314 e. The molecule has 2 aromatic carbocycles. The van der Waals surface area contributed by atoms with E-state index in [2.05, 4.69) is 10.6 Å². The summed E-state index contributed by atoms with van der Waals surface area (Å²) in [6, 6.07) is 10.1. The van der Waals surface area contributed by atoms with Gasteiger partial charge < -0.3 is 15.4 Å². The summed E-state index contributed by atoms with van der Waals surface area (Å²) in [6.07, 6.45) is 0. The van der Waals surface area contributed by atoms with E-state index in [0.717, 1.165) is 6.07 Å². The largest absolute Gasteiger partial charge is 0.497 e. The van der Waals surface area contributed by atoms with Gasteiger partial charge in [0.1, 0.15) is 10.8 Å². The van der Waals surface area contributed by atoms with Gasteiger partial charge >= 0.3 is 11.8 Å². The van der Waals surface area contributed by atoms with Crippen molar-refractivity contribution in [2.45, 2.75) is 0 Å². The summed E-state index contributed by atoms with van der Waals surface area (Å²) in [4.78, 5) is 33.9. The quantitative estimate of drug-likeness (QED) is 0.501. The lowest BCUT2D eigenvalue weighted by Crippen LogP contribution is -2.29. The summed E-state index contributed by atoms with van der Waals surface area (Å²) in [6.45, 7) is 0. The number of carbonyl (C=O) groups excluding carboxylic acids is 2. The highest BCUT2D eigenvalue weighted by atomic mass is 35.5. The van der Waals surface area contributed by atoms with Crippen LogP contribution in [0.25, 0.3) is 0 Å². The van der Waals surface area contributed by atoms with Crippen molar-refractivity contribution in [1.29, 1.82) is 0 Å². The van der Waals surface area contributed by atoms with Crippen LogP contribution in [0, 0.1) is 10.1 Å². The third kappa shape index (κ3) is 4.20. The Hall–Kier alpha value is -3.13. The Kier molecular flexibility index (Phi) is 5.33. The summed E-state index contributed by atoms with van der Waals surface area (Å²) in [5.74, 6) is -1.39. The molecule has 0 aliphatic carbocycles. The molecular formula is C15H12ClN3O5. The predicted molar refractivity (Wildman–Crippen MR) is 88.4 cm³/mol. The Morgan fingerprint density at radius 1 is 1.08 bits per heavy atom. The van der Waals surface area contributed by atoms with Gasteiger partial charge in [-0.15, -0.1) is 0 Å². The maximum absolute atomic E-state index is 11.9. The van der Waals surface area contributed by atoms with E-state index in [4.69, 9.17) is 16.3 Å². The monoisotopic (exact) mass is 349 g/mol. The number of halogens is 1. The van der Waals surface area contributed by atoms with Crippen molar-refractivity contribution in [3.8, 4) is 5.75 Å². The van der Waals surface area contributed by atoms with E-state index >= 15 is 0 Å². The van der Waals surface area contributed by atoms with Gasteiger partial charge in [0, 0.05) is 23.5 Å². The molecule has 0 aromatic heterocycles. The first-order valence-corrected chi connectivity index (χ1v) is 6.99. The molecule has 0 atom stereocenters. The van der Waals surface area contributed by atoms with Gasteiger partial charge in [0.15, 0.2) is 0 Å². The Morgan fingerprint density at radius 2 is 1.71 bits per heavy atom. The molecule has 2 N–H and O–H groups in total. The average molecular weight is 350 g/mol. The van der Waals surface area contributed by atoms with Crippen LogP contribution in [0.1, 0.15) is 0 Å². The first-order chi connectivity index (χ1) is 11.4. The van der Waals surface area contributed by atoms with Gasteiger partial charge in [-0.1, -0.05) is 17.7 Å². The minimum Gasteiger partial charge on any atom is -0.497 e. The number of nitrogens with zero attached hydrogens (tertiary/aromatic N) is 1. The van der Waals surface area contributed by atoms with Crippen LogP contribution in [-0.4, -0.2) is 23.8 Å². The molecular weight excluding hydrogens is 338 g/mol. The molecule has 9 heteroatoms. The van der Waals surface area contributed by atoms with Crippen LogP contribution in [0.15, 0.2) is 42.5 Å². The zero-order valence-corrected chi connectivity index (χ0v) is 13.2. The van der Waals surface area contributed by atoms with Crippen LogP contribution >= 0.6 is 11.6 Å². The minimum absolute atomic E-state index is 0.0705. The minimum atomic E-state index is -0.977. The van der Waals surface area contributed by atoms with E-state index in [0.29, 0.717) is 11.4 Å². The van der Waals surface area contributed by atoms with Gasteiger partial charge in [-0.05, 0) is 24.3 Å². The topological polar surface area (TPSA) is 111 Å². The molecule has 0 heterocycles. The normalized spacial score (nSPS) is 9.92. The van der Waals surface area contributed by atoms with E-state index in [9.17, 15) is 19.7 Å². The Labute approximate surface area is 141 Å². The van der Waals surface area contributed by atoms with Crippen LogP contribution in [0.4, 0.5) is 17.1 Å². The lowest BCUT2D eigenvalue weighted by atomic mass is 10.2. The summed E-state index contributed by atoms with van der Waals surface area (Å²) in [5, 5.41) is 15.4. The molecule has 0 radical (unpaired) electrons. The first kappa shape index (κ1) is 17.2. The number of rotatable bonds is 4. The molecule has 0 bridgehead atoms. The highest BCUT2D eigenvalue weighted by molar-refractivity contribution is 6.43. The van der Waals surface area contributed by atoms with E-state index in [1.54, 1.807) is 18.2 Å². The summed E-state index contributed by atoms with van der Waals surface area (Å²) < 4.78 is 5.01. The molecule has 0 aliphatic heterocycles. The van der Waals surface area contributed by atoms with Crippen LogP contribution in [-0.2, 0) is 9.59 Å². The number of anilines is 2. The number of nitrogens with one attached hydrogen (secondary N) is 2. The van der Waals surface area contributed by atoms with Gasteiger partial charge in [-0.3, -0.25) is 19.7 Å². The number of carbonyl (C=O) groups is 2. The van der Waals surface area contributed by atoms with Gasteiger partial charge in [-0.25, -0.2) is 0 Å². The lowest BCUT2D eigenvalue weighted by molar-refractivity contribution is -0.384. The summed E-state index contributed by atoms with van der Waals surface area (Å²) >= 11 is 5.68. The number of hydrogen-bond acceptors (Lipinski definition) is 5. The van der Waals surface area contributed by atoms with Crippen molar-refractivity contribution in [3.63, 3.8) is 0 Å². The number of nitro groups is 1. The van der Waals surface area contributed by atoms with Crippen LogP contribution < -0.4 is 15.4 Å². The lowest BCUT2D eigenvalue weighted by Gasteiger charge is -2.08. The molecule has 0 fully saturated rings. The number of methoxy groups -OCH3 is 1. The molecule has 0 spiro atoms. The molecule has 0 unspecified atom stereocenters. The van der Waals surface area contributed by atoms with E-state index in [1.807, 2.05) is 0 Å². The maximum Gasteiger partial charge on any atom is 0.314 e. The van der Waals surface area contributed by atoms with Crippen molar-refractivity contribution in [1.82, 2.24) is 0 Å². The molecule has 24 heavy (non-hydrogen) atoms. The van der Waals surface area contributed by atoms with Gasteiger partial charge in [-0.2, -0.15) is 0 Å². The van der Waals surface area contributed by atoms with E-state index in [1.165, 1.54) is 25.3 Å². The zero-order chi connectivity index (χ0) is 17.7. The fourth-order valence-corrected chi connectivity index (χ4v) is 1.99. The second-order valence-electron chi connectivity index (χ2n) is 4.56. The fraction of sp³-hybridized carbons (Fsp3) is 0.0667. The number of amides is 2.